The SMILES string of the molecule is O=C(OCc1ccc(Cl)cc1)c1csc(NCc2ccccc2)n1. The Bertz CT molecular complexity index is 803. The molecular formula is C18H15ClN2O2S. The summed E-state index contributed by atoms with van der Waals surface area (Å²) in [6, 6.07) is 17.2. The Morgan fingerprint density at radius 1 is 1.08 bits per heavy atom. The van der Waals surface area contributed by atoms with Crippen molar-refractivity contribution in [2.45, 2.75) is 13.2 Å². The molecule has 0 radical (unpaired) electrons. The number of anilines is 1. The average molecular weight is 359 g/mol. The highest BCUT2D eigenvalue weighted by atomic mass is 35.5. The van der Waals surface area contributed by atoms with E-state index in [9.17, 15) is 4.79 Å². The number of ether oxygens (including phenoxy) is 1. The molecule has 0 fully saturated rings. The van der Waals surface area contributed by atoms with Crippen molar-refractivity contribution in [3.05, 3.63) is 81.8 Å². The number of hydrogen-bond donors (Lipinski definition) is 1. The largest absolute Gasteiger partial charge is 0.456 e. The number of hydrogen-bond acceptors (Lipinski definition) is 5. The molecule has 24 heavy (non-hydrogen) atoms. The first-order chi connectivity index (χ1) is 11.7. The molecule has 3 aromatic rings. The number of thiazole rings is 1. The van der Waals surface area contributed by atoms with Crippen molar-refractivity contribution < 1.29 is 9.53 Å². The molecule has 0 saturated heterocycles. The van der Waals surface area contributed by atoms with Gasteiger partial charge in [0, 0.05) is 16.9 Å². The zero-order valence-electron chi connectivity index (χ0n) is 12.7. The number of esters is 1. The summed E-state index contributed by atoms with van der Waals surface area (Å²) in [6.45, 7) is 0.855. The molecule has 2 aromatic carbocycles. The fraction of sp³-hybridized carbons (Fsp3) is 0.111. The fourth-order valence-electron chi connectivity index (χ4n) is 2.03. The van der Waals surface area contributed by atoms with E-state index in [1.54, 1.807) is 17.5 Å². The molecule has 0 aliphatic carbocycles. The lowest BCUT2D eigenvalue weighted by atomic mass is 10.2. The molecule has 1 heterocycles. The van der Waals surface area contributed by atoms with E-state index in [2.05, 4.69) is 10.3 Å². The topological polar surface area (TPSA) is 51.2 Å². The Labute approximate surface area is 149 Å². The zero-order valence-corrected chi connectivity index (χ0v) is 14.3. The summed E-state index contributed by atoms with van der Waals surface area (Å²) < 4.78 is 5.26. The van der Waals surface area contributed by atoms with E-state index in [-0.39, 0.29) is 6.61 Å². The summed E-state index contributed by atoms with van der Waals surface area (Å²) >= 11 is 7.20. The molecule has 1 aromatic heterocycles. The van der Waals surface area contributed by atoms with Crippen molar-refractivity contribution in [3.8, 4) is 0 Å². The van der Waals surface area contributed by atoms with Crippen LogP contribution < -0.4 is 5.32 Å². The van der Waals surface area contributed by atoms with Gasteiger partial charge in [-0.1, -0.05) is 54.1 Å². The molecule has 0 spiro atoms. The molecule has 0 atom stereocenters. The monoisotopic (exact) mass is 358 g/mol. The number of nitrogens with one attached hydrogen (secondary N) is 1. The number of carbonyl (C=O) groups is 1. The minimum absolute atomic E-state index is 0.195. The smallest absolute Gasteiger partial charge is 0.358 e. The zero-order chi connectivity index (χ0) is 16.8. The second-order valence-corrected chi connectivity index (χ2v) is 6.37. The Morgan fingerprint density at radius 3 is 2.58 bits per heavy atom. The van der Waals surface area contributed by atoms with Gasteiger partial charge in [-0.25, -0.2) is 9.78 Å². The lowest BCUT2D eigenvalue weighted by molar-refractivity contribution is 0.0467. The van der Waals surface area contributed by atoms with Gasteiger partial charge < -0.3 is 10.1 Å². The number of nitrogens with zero attached hydrogens (tertiary/aromatic N) is 1. The van der Waals surface area contributed by atoms with E-state index in [0.29, 0.717) is 22.4 Å². The molecule has 122 valence electrons. The molecule has 0 unspecified atom stereocenters. The summed E-state index contributed by atoms with van der Waals surface area (Å²) in [5, 5.41) is 6.24. The molecule has 0 aliphatic heterocycles. The predicted molar refractivity (Wildman–Crippen MR) is 96.5 cm³/mol. The number of halogens is 1. The van der Waals surface area contributed by atoms with Gasteiger partial charge in [-0.05, 0) is 23.3 Å². The van der Waals surface area contributed by atoms with Crippen molar-refractivity contribution in [3.63, 3.8) is 0 Å². The maximum absolute atomic E-state index is 12.0. The van der Waals surface area contributed by atoms with Crippen molar-refractivity contribution in [2.75, 3.05) is 5.32 Å². The first kappa shape index (κ1) is 16.5. The third-order valence-corrected chi connectivity index (χ3v) is 4.34. The number of carbonyl (C=O) groups excluding carboxylic acids is 1. The van der Waals surface area contributed by atoms with E-state index in [1.165, 1.54) is 11.3 Å². The quantitative estimate of drug-likeness (QED) is 0.645. The Morgan fingerprint density at radius 2 is 1.83 bits per heavy atom. The van der Waals surface area contributed by atoms with Gasteiger partial charge in [0.25, 0.3) is 0 Å². The summed E-state index contributed by atoms with van der Waals surface area (Å²) in [7, 11) is 0. The van der Waals surface area contributed by atoms with Crippen LogP contribution in [0.25, 0.3) is 0 Å². The summed E-state index contributed by atoms with van der Waals surface area (Å²) in [6.07, 6.45) is 0. The van der Waals surface area contributed by atoms with Gasteiger partial charge in [0.15, 0.2) is 10.8 Å². The van der Waals surface area contributed by atoms with Crippen LogP contribution in [0.1, 0.15) is 21.6 Å². The van der Waals surface area contributed by atoms with Crippen LogP contribution in [0.4, 0.5) is 5.13 Å². The predicted octanol–water partition coefficient (Wildman–Crippen LogP) is 4.77. The van der Waals surface area contributed by atoms with Crippen LogP contribution in [0.15, 0.2) is 60.0 Å². The Hall–Kier alpha value is -2.37. The molecule has 6 heteroatoms. The van der Waals surface area contributed by atoms with Crippen molar-refractivity contribution >= 4 is 34.0 Å². The van der Waals surface area contributed by atoms with Crippen LogP contribution in [-0.4, -0.2) is 11.0 Å². The average Bonchev–Trinajstić information content (AvgIpc) is 3.09. The molecule has 4 nitrogen and oxygen atoms in total. The summed E-state index contributed by atoms with van der Waals surface area (Å²) in [5.74, 6) is -0.436. The second kappa shape index (κ2) is 7.95. The van der Waals surface area contributed by atoms with Gasteiger partial charge in [0.2, 0.25) is 0 Å². The Balaban J connectivity index is 1.52. The third-order valence-electron chi connectivity index (χ3n) is 3.28. The molecule has 0 saturated carbocycles. The van der Waals surface area contributed by atoms with E-state index in [0.717, 1.165) is 11.1 Å². The minimum atomic E-state index is -0.436. The number of rotatable bonds is 6. The van der Waals surface area contributed by atoms with Crippen LogP contribution in [0.5, 0.6) is 0 Å². The van der Waals surface area contributed by atoms with Gasteiger partial charge in [-0.15, -0.1) is 11.3 Å². The highest BCUT2D eigenvalue weighted by molar-refractivity contribution is 7.13. The van der Waals surface area contributed by atoms with Gasteiger partial charge in [0.05, 0.1) is 0 Å². The van der Waals surface area contributed by atoms with Crippen LogP contribution >= 0.6 is 22.9 Å². The van der Waals surface area contributed by atoms with Gasteiger partial charge in [-0.2, -0.15) is 0 Å². The summed E-state index contributed by atoms with van der Waals surface area (Å²) in [5.41, 5.74) is 2.34. The lowest BCUT2D eigenvalue weighted by Gasteiger charge is -2.03. The highest BCUT2D eigenvalue weighted by Crippen LogP contribution is 2.18. The van der Waals surface area contributed by atoms with Crippen LogP contribution in [0.2, 0.25) is 5.02 Å². The van der Waals surface area contributed by atoms with E-state index in [1.807, 2.05) is 42.5 Å². The van der Waals surface area contributed by atoms with Crippen LogP contribution in [-0.2, 0) is 17.9 Å². The van der Waals surface area contributed by atoms with E-state index >= 15 is 0 Å². The van der Waals surface area contributed by atoms with Crippen molar-refractivity contribution in [2.24, 2.45) is 0 Å². The molecule has 3 rings (SSSR count). The second-order valence-electron chi connectivity index (χ2n) is 5.08. The molecule has 0 bridgehead atoms. The molecule has 0 aliphatic rings. The highest BCUT2D eigenvalue weighted by Gasteiger charge is 2.12. The molecule has 1 N–H and O–H groups in total. The minimum Gasteiger partial charge on any atom is -0.456 e. The van der Waals surface area contributed by atoms with Crippen LogP contribution in [0, 0.1) is 0 Å². The molecule has 0 amide bonds. The van der Waals surface area contributed by atoms with Crippen LogP contribution in [0.3, 0.4) is 0 Å². The first-order valence-corrected chi connectivity index (χ1v) is 8.61. The fourth-order valence-corrected chi connectivity index (χ4v) is 2.83. The first-order valence-electron chi connectivity index (χ1n) is 7.35. The molecular weight excluding hydrogens is 344 g/mol. The van der Waals surface area contributed by atoms with E-state index in [4.69, 9.17) is 16.3 Å². The standard InChI is InChI=1S/C18H15ClN2O2S/c19-15-8-6-14(7-9-15)11-23-17(22)16-12-24-18(21-16)20-10-13-4-2-1-3-5-13/h1-9,12H,10-11H2,(H,20,21). The third kappa shape index (κ3) is 4.57. The van der Waals surface area contributed by atoms with Gasteiger partial charge in [0.1, 0.15) is 6.61 Å². The van der Waals surface area contributed by atoms with Crippen molar-refractivity contribution in [1.29, 1.82) is 0 Å². The Kier molecular flexibility index (Phi) is 5.46. The lowest BCUT2D eigenvalue weighted by Crippen LogP contribution is -2.06. The number of benzene rings is 2. The van der Waals surface area contributed by atoms with Gasteiger partial charge in [-0.3, -0.25) is 0 Å². The summed E-state index contributed by atoms with van der Waals surface area (Å²) in [4.78, 5) is 16.3. The normalized spacial score (nSPS) is 10.4. The van der Waals surface area contributed by atoms with E-state index < -0.39 is 5.97 Å². The maximum Gasteiger partial charge on any atom is 0.358 e. The number of aromatic nitrogens is 1. The maximum atomic E-state index is 12.0. The van der Waals surface area contributed by atoms with Crippen molar-refractivity contribution in [1.82, 2.24) is 4.98 Å². The van der Waals surface area contributed by atoms with Gasteiger partial charge >= 0.3 is 5.97 Å².